The Kier molecular flexibility index (Phi) is 7.07. The van der Waals surface area contributed by atoms with E-state index in [0.29, 0.717) is 0 Å². The molecule has 0 atom stereocenters. The molecule has 226 valence electrons. The highest BCUT2D eigenvalue weighted by Crippen LogP contribution is 2.49. The molecule has 1 heterocycles. The summed E-state index contributed by atoms with van der Waals surface area (Å²) < 4.78 is 2.60. The highest BCUT2D eigenvalue weighted by Gasteiger charge is 2.22. The summed E-state index contributed by atoms with van der Waals surface area (Å²) in [6.07, 6.45) is 0. The van der Waals surface area contributed by atoms with Crippen LogP contribution in [0, 0.1) is 0 Å². The molecule has 0 aliphatic rings. The Morgan fingerprint density at radius 2 is 0.875 bits per heavy atom. The van der Waals surface area contributed by atoms with E-state index in [1.165, 1.54) is 64.3 Å². The van der Waals surface area contributed by atoms with E-state index in [0.717, 1.165) is 17.1 Å². The van der Waals surface area contributed by atoms with Crippen LogP contribution in [0.25, 0.3) is 64.3 Å². The largest absolute Gasteiger partial charge is 0.310 e. The molecule has 1 aromatic heterocycles. The fourth-order valence-corrected chi connectivity index (χ4v) is 8.04. The first-order valence-corrected chi connectivity index (χ1v) is 17.2. The van der Waals surface area contributed by atoms with Crippen LogP contribution in [0.4, 0.5) is 17.1 Å². The van der Waals surface area contributed by atoms with Crippen molar-refractivity contribution in [2.24, 2.45) is 0 Å². The fourth-order valence-electron chi connectivity index (χ4n) is 6.92. The SMILES string of the molecule is c1ccc(-c2ccc(N(c3ccc(-c4ccccc4)cc3)c3ccc4sc5ccccc5c4c3-c3ccc4ccccc4c3)cc2)cc1. The topological polar surface area (TPSA) is 3.24 Å². The minimum absolute atomic E-state index is 1.11. The minimum atomic E-state index is 1.11. The molecule has 8 aromatic carbocycles. The molecule has 9 rings (SSSR count). The van der Waals surface area contributed by atoms with Crippen LogP contribution in [0.3, 0.4) is 0 Å². The summed E-state index contributed by atoms with van der Waals surface area (Å²) in [5.74, 6) is 0. The number of rotatable bonds is 6. The average Bonchev–Trinajstić information content (AvgIpc) is 3.55. The van der Waals surface area contributed by atoms with E-state index in [2.05, 4.69) is 193 Å². The standard InChI is InChI=1S/C46H31NS/c1-3-11-32(12-4-1)35-21-25-39(26-22-35)47(40-27-23-36(24-28-40)33-13-5-2-6-14-33)42-29-30-44-46(41-17-9-10-18-43(41)48-44)45(42)38-20-19-34-15-7-8-16-37(34)31-38/h1-31H. The maximum atomic E-state index is 2.43. The number of nitrogens with zero attached hydrogens (tertiary/aromatic N) is 1. The van der Waals surface area contributed by atoms with Gasteiger partial charge in [-0.15, -0.1) is 11.3 Å². The summed E-state index contributed by atoms with van der Waals surface area (Å²) >= 11 is 1.87. The van der Waals surface area contributed by atoms with E-state index in [-0.39, 0.29) is 0 Å². The number of benzene rings is 8. The van der Waals surface area contributed by atoms with Crippen molar-refractivity contribution < 1.29 is 0 Å². The van der Waals surface area contributed by atoms with Crippen LogP contribution in [0.1, 0.15) is 0 Å². The van der Waals surface area contributed by atoms with Gasteiger partial charge in [-0.25, -0.2) is 0 Å². The highest BCUT2D eigenvalue weighted by molar-refractivity contribution is 7.26. The molecule has 0 saturated heterocycles. The van der Waals surface area contributed by atoms with Crippen LogP contribution in [-0.2, 0) is 0 Å². The van der Waals surface area contributed by atoms with Crippen LogP contribution < -0.4 is 4.90 Å². The average molecular weight is 630 g/mol. The number of thiophene rings is 1. The lowest BCUT2D eigenvalue weighted by atomic mass is 9.94. The summed E-state index contributed by atoms with van der Waals surface area (Å²) in [7, 11) is 0. The van der Waals surface area contributed by atoms with Gasteiger partial charge in [0, 0.05) is 37.1 Å². The monoisotopic (exact) mass is 629 g/mol. The van der Waals surface area contributed by atoms with Gasteiger partial charge >= 0.3 is 0 Å². The Morgan fingerprint density at radius 3 is 1.52 bits per heavy atom. The summed E-state index contributed by atoms with van der Waals surface area (Å²) in [6, 6.07) is 68.2. The maximum Gasteiger partial charge on any atom is 0.0547 e. The van der Waals surface area contributed by atoms with E-state index < -0.39 is 0 Å². The van der Waals surface area contributed by atoms with Gasteiger partial charge < -0.3 is 4.90 Å². The van der Waals surface area contributed by atoms with Gasteiger partial charge in [0.05, 0.1) is 5.69 Å². The van der Waals surface area contributed by atoms with E-state index in [1.54, 1.807) is 0 Å². The van der Waals surface area contributed by atoms with E-state index in [1.807, 2.05) is 11.3 Å². The fraction of sp³-hybridized carbons (Fsp3) is 0. The zero-order valence-corrected chi connectivity index (χ0v) is 27.1. The first-order valence-electron chi connectivity index (χ1n) is 16.3. The quantitative estimate of drug-likeness (QED) is 0.177. The lowest BCUT2D eigenvalue weighted by Gasteiger charge is -2.29. The molecule has 0 fully saturated rings. The number of anilines is 3. The Hall–Kier alpha value is -5.96. The molecule has 0 spiro atoms. The summed E-state index contributed by atoms with van der Waals surface area (Å²) in [5.41, 5.74) is 10.7. The van der Waals surface area contributed by atoms with Crippen molar-refractivity contribution in [2.45, 2.75) is 0 Å². The van der Waals surface area contributed by atoms with Gasteiger partial charge in [0.1, 0.15) is 0 Å². The molecule has 0 unspecified atom stereocenters. The Bertz CT molecular complexity index is 2450. The van der Waals surface area contributed by atoms with Crippen LogP contribution in [-0.4, -0.2) is 0 Å². The van der Waals surface area contributed by atoms with Crippen LogP contribution >= 0.6 is 11.3 Å². The van der Waals surface area contributed by atoms with Gasteiger partial charge in [0.2, 0.25) is 0 Å². The molecule has 0 aliphatic carbocycles. The first kappa shape index (κ1) is 28.3. The second-order valence-corrected chi connectivity index (χ2v) is 13.2. The summed E-state index contributed by atoms with van der Waals surface area (Å²) in [6.45, 7) is 0. The molecule has 0 saturated carbocycles. The van der Waals surface area contributed by atoms with E-state index in [4.69, 9.17) is 0 Å². The van der Waals surface area contributed by atoms with Gasteiger partial charge in [-0.2, -0.15) is 0 Å². The molecule has 9 aromatic rings. The number of hydrogen-bond acceptors (Lipinski definition) is 2. The molecule has 2 heteroatoms. The van der Waals surface area contributed by atoms with Crippen molar-refractivity contribution in [2.75, 3.05) is 4.90 Å². The van der Waals surface area contributed by atoms with E-state index >= 15 is 0 Å². The van der Waals surface area contributed by atoms with Crippen molar-refractivity contribution >= 4 is 59.3 Å². The van der Waals surface area contributed by atoms with Crippen molar-refractivity contribution in [1.29, 1.82) is 0 Å². The first-order chi connectivity index (χ1) is 23.8. The normalized spacial score (nSPS) is 11.3. The molecule has 1 nitrogen and oxygen atoms in total. The molecule has 0 bridgehead atoms. The van der Waals surface area contributed by atoms with Crippen molar-refractivity contribution in [1.82, 2.24) is 0 Å². The number of hydrogen-bond donors (Lipinski definition) is 0. The maximum absolute atomic E-state index is 2.43. The van der Waals surface area contributed by atoms with Crippen LogP contribution in [0.15, 0.2) is 188 Å². The van der Waals surface area contributed by atoms with Crippen LogP contribution in [0.5, 0.6) is 0 Å². The molecule has 0 N–H and O–H groups in total. The predicted molar refractivity (Wildman–Crippen MR) is 208 cm³/mol. The van der Waals surface area contributed by atoms with E-state index in [9.17, 15) is 0 Å². The molecule has 0 amide bonds. The molecule has 48 heavy (non-hydrogen) atoms. The highest BCUT2D eigenvalue weighted by atomic mass is 32.1. The number of fused-ring (bicyclic) bond motifs is 4. The molecule has 0 radical (unpaired) electrons. The third-order valence-electron chi connectivity index (χ3n) is 9.27. The zero-order chi connectivity index (χ0) is 31.9. The zero-order valence-electron chi connectivity index (χ0n) is 26.3. The lowest BCUT2D eigenvalue weighted by molar-refractivity contribution is 1.29. The summed E-state index contributed by atoms with van der Waals surface area (Å²) in [5, 5.41) is 5.08. The Labute approximate surface area is 284 Å². The Balaban J connectivity index is 1.30. The van der Waals surface area contributed by atoms with Gasteiger partial charge in [-0.05, 0) is 87.1 Å². The summed E-state index contributed by atoms with van der Waals surface area (Å²) in [4.78, 5) is 2.43. The minimum Gasteiger partial charge on any atom is -0.310 e. The van der Waals surface area contributed by atoms with Crippen molar-refractivity contribution in [3.05, 3.63) is 188 Å². The third-order valence-corrected chi connectivity index (χ3v) is 10.4. The lowest BCUT2D eigenvalue weighted by Crippen LogP contribution is -2.11. The smallest absolute Gasteiger partial charge is 0.0547 e. The van der Waals surface area contributed by atoms with Gasteiger partial charge in [0.15, 0.2) is 0 Å². The van der Waals surface area contributed by atoms with Crippen molar-refractivity contribution in [3.63, 3.8) is 0 Å². The molecule has 0 aliphatic heterocycles. The third kappa shape index (κ3) is 5.04. The predicted octanol–water partition coefficient (Wildman–Crippen LogP) is 13.7. The van der Waals surface area contributed by atoms with Gasteiger partial charge in [-0.3, -0.25) is 0 Å². The van der Waals surface area contributed by atoms with Crippen molar-refractivity contribution in [3.8, 4) is 33.4 Å². The second-order valence-electron chi connectivity index (χ2n) is 12.2. The Morgan fingerprint density at radius 1 is 0.354 bits per heavy atom. The van der Waals surface area contributed by atoms with Gasteiger partial charge in [-0.1, -0.05) is 140 Å². The van der Waals surface area contributed by atoms with Gasteiger partial charge in [0.25, 0.3) is 0 Å². The molecular formula is C46H31NS. The van der Waals surface area contributed by atoms with Crippen LogP contribution in [0.2, 0.25) is 0 Å². The molecular weight excluding hydrogens is 599 g/mol. The second kappa shape index (κ2) is 12.0.